The van der Waals surface area contributed by atoms with Crippen molar-refractivity contribution < 1.29 is 14.3 Å². The van der Waals surface area contributed by atoms with E-state index in [0.717, 1.165) is 29.6 Å². The number of rotatable bonds is 3. The van der Waals surface area contributed by atoms with E-state index in [2.05, 4.69) is 4.98 Å². The van der Waals surface area contributed by atoms with E-state index in [-0.39, 0.29) is 5.97 Å². The molecule has 4 heteroatoms. The first kappa shape index (κ1) is 10.4. The zero-order valence-corrected chi connectivity index (χ0v) is 9.53. The van der Waals surface area contributed by atoms with Gasteiger partial charge in [-0.1, -0.05) is 6.07 Å². The van der Waals surface area contributed by atoms with E-state index in [4.69, 9.17) is 9.47 Å². The van der Waals surface area contributed by atoms with Crippen LogP contribution in [0.2, 0.25) is 0 Å². The van der Waals surface area contributed by atoms with E-state index in [1.165, 1.54) is 6.92 Å². The molecule has 3 rings (SSSR count). The Morgan fingerprint density at radius 1 is 1.59 bits per heavy atom. The van der Waals surface area contributed by atoms with Crippen LogP contribution in [0.25, 0.3) is 10.9 Å². The van der Waals surface area contributed by atoms with Crippen LogP contribution in [0.1, 0.15) is 12.6 Å². The van der Waals surface area contributed by atoms with E-state index in [0.29, 0.717) is 11.9 Å². The number of H-pyrrole nitrogens is 1. The number of benzene rings is 1. The molecule has 17 heavy (non-hydrogen) atoms. The minimum Gasteiger partial charge on any atom is -0.426 e. The number of esters is 1. The highest BCUT2D eigenvalue weighted by Crippen LogP contribution is 2.28. The highest BCUT2D eigenvalue weighted by molar-refractivity contribution is 5.88. The van der Waals surface area contributed by atoms with Gasteiger partial charge in [-0.2, -0.15) is 0 Å². The summed E-state index contributed by atoms with van der Waals surface area (Å²) in [6.07, 6.45) is 1.23. The molecular formula is C13H13NO3. The summed E-state index contributed by atoms with van der Waals surface area (Å²) in [5.41, 5.74) is 2.10. The van der Waals surface area contributed by atoms with Gasteiger partial charge in [0.15, 0.2) is 0 Å². The van der Waals surface area contributed by atoms with Crippen LogP contribution in [0, 0.1) is 0 Å². The number of carbonyl (C=O) groups is 1. The zero-order chi connectivity index (χ0) is 11.8. The van der Waals surface area contributed by atoms with Gasteiger partial charge in [-0.15, -0.1) is 0 Å². The number of nitrogens with one attached hydrogen (secondary N) is 1. The number of aromatic nitrogens is 1. The minimum atomic E-state index is -0.300. The molecule has 0 saturated carbocycles. The molecular weight excluding hydrogens is 218 g/mol. The lowest BCUT2D eigenvalue weighted by atomic mass is 10.2. The van der Waals surface area contributed by atoms with Gasteiger partial charge in [0.25, 0.3) is 0 Å². The Hall–Kier alpha value is -1.81. The number of hydrogen-bond acceptors (Lipinski definition) is 3. The van der Waals surface area contributed by atoms with Crippen molar-refractivity contribution in [3.8, 4) is 5.75 Å². The first-order valence-corrected chi connectivity index (χ1v) is 5.63. The SMILES string of the molecule is CC(=O)Oc1cccc2[nH]c(CC3CO3)cc12. The number of fused-ring (bicyclic) bond motifs is 1. The van der Waals surface area contributed by atoms with Crippen LogP contribution in [0.15, 0.2) is 24.3 Å². The molecule has 1 atom stereocenters. The van der Waals surface area contributed by atoms with Gasteiger partial charge in [-0.3, -0.25) is 4.79 Å². The summed E-state index contributed by atoms with van der Waals surface area (Å²) in [6.45, 7) is 2.25. The highest BCUT2D eigenvalue weighted by Gasteiger charge is 2.23. The van der Waals surface area contributed by atoms with Gasteiger partial charge in [-0.05, 0) is 18.2 Å². The van der Waals surface area contributed by atoms with Crippen LogP contribution >= 0.6 is 0 Å². The van der Waals surface area contributed by atoms with Crippen molar-refractivity contribution in [2.75, 3.05) is 6.61 Å². The molecule has 0 amide bonds. The Morgan fingerprint density at radius 2 is 2.41 bits per heavy atom. The second-order valence-corrected chi connectivity index (χ2v) is 4.27. The lowest BCUT2D eigenvalue weighted by molar-refractivity contribution is -0.131. The van der Waals surface area contributed by atoms with Crippen LogP contribution in [0.4, 0.5) is 0 Å². The minimum absolute atomic E-state index is 0.300. The molecule has 0 radical (unpaired) electrons. The molecule has 0 bridgehead atoms. The summed E-state index contributed by atoms with van der Waals surface area (Å²) in [7, 11) is 0. The summed E-state index contributed by atoms with van der Waals surface area (Å²) in [4.78, 5) is 14.3. The van der Waals surface area contributed by atoms with Crippen LogP contribution in [-0.4, -0.2) is 23.7 Å². The van der Waals surface area contributed by atoms with Crippen molar-refractivity contribution >= 4 is 16.9 Å². The van der Waals surface area contributed by atoms with Gasteiger partial charge in [0.1, 0.15) is 5.75 Å². The standard InChI is InChI=1S/C13H13NO3/c1-8(15)17-13-4-2-3-12-11(13)6-9(14-12)5-10-7-16-10/h2-4,6,10,14H,5,7H2,1H3. The Morgan fingerprint density at radius 3 is 3.12 bits per heavy atom. The van der Waals surface area contributed by atoms with Gasteiger partial charge in [0.05, 0.1) is 12.7 Å². The summed E-state index contributed by atoms with van der Waals surface area (Å²) in [6, 6.07) is 7.67. The molecule has 1 aliphatic heterocycles. The van der Waals surface area contributed by atoms with Crippen LogP contribution < -0.4 is 4.74 Å². The Kier molecular flexibility index (Phi) is 2.37. The quantitative estimate of drug-likeness (QED) is 0.499. The maximum absolute atomic E-state index is 11.0. The van der Waals surface area contributed by atoms with E-state index in [1.807, 2.05) is 18.2 Å². The largest absolute Gasteiger partial charge is 0.426 e. The fraction of sp³-hybridized carbons (Fsp3) is 0.308. The Bertz CT molecular complexity index is 569. The molecule has 0 spiro atoms. The molecule has 1 unspecified atom stereocenters. The molecule has 1 N–H and O–H groups in total. The number of ether oxygens (including phenoxy) is 2. The predicted molar refractivity (Wildman–Crippen MR) is 63.1 cm³/mol. The molecule has 1 aliphatic rings. The van der Waals surface area contributed by atoms with Crippen molar-refractivity contribution in [1.82, 2.24) is 4.98 Å². The molecule has 1 saturated heterocycles. The molecule has 4 nitrogen and oxygen atoms in total. The number of epoxide rings is 1. The summed E-state index contributed by atoms with van der Waals surface area (Å²) < 4.78 is 10.4. The average Bonchev–Trinajstić information content (AvgIpc) is 2.95. The molecule has 0 aliphatic carbocycles. The Balaban J connectivity index is 1.98. The van der Waals surface area contributed by atoms with E-state index in [1.54, 1.807) is 6.07 Å². The lowest BCUT2D eigenvalue weighted by Crippen LogP contribution is -2.01. The molecule has 88 valence electrons. The fourth-order valence-electron chi connectivity index (χ4n) is 1.97. The van der Waals surface area contributed by atoms with Crippen LogP contribution in [-0.2, 0) is 16.0 Å². The van der Waals surface area contributed by atoms with Crippen molar-refractivity contribution in [3.63, 3.8) is 0 Å². The topological polar surface area (TPSA) is 54.6 Å². The van der Waals surface area contributed by atoms with Gasteiger partial charge in [0.2, 0.25) is 0 Å². The first-order chi connectivity index (χ1) is 8.22. The highest BCUT2D eigenvalue weighted by atomic mass is 16.6. The molecule has 1 aromatic carbocycles. The van der Waals surface area contributed by atoms with Crippen molar-refractivity contribution in [2.24, 2.45) is 0 Å². The third kappa shape index (κ3) is 2.17. The third-order valence-electron chi connectivity index (χ3n) is 2.78. The third-order valence-corrected chi connectivity index (χ3v) is 2.78. The predicted octanol–water partition coefficient (Wildman–Crippen LogP) is 2.03. The normalized spacial score (nSPS) is 18.3. The van der Waals surface area contributed by atoms with Crippen molar-refractivity contribution in [2.45, 2.75) is 19.4 Å². The molecule has 1 fully saturated rings. The second-order valence-electron chi connectivity index (χ2n) is 4.27. The Labute approximate surface area is 98.5 Å². The number of carbonyl (C=O) groups excluding carboxylic acids is 1. The maximum atomic E-state index is 11.0. The summed E-state index contributed by atoms with van der Waals surface area (Å²) >= 11 is 0. The zero-order valence-electron chi connectivity index (χ0n) is 9.53. The monoisotopic (exact) mass is 231 g/mol. The van der Waals surface area contributed by atoms with Gasteiger partial charge in [-0.25, -0.2) is 0 Å². The van der Waals surface area contributed by atoms with E-state index < -0.39 is 0 Å². The first-order valence-electron chi connectivity index (χ1n) is 5.63. The van der Waals surface area contributed by atoms with Crippen molar-refractivity contribution in [3.05, 3.63) is 30.0 Å². The second kappa shape index (κ2) is 3.89. The number of aromatic amines is 1. The molecule has 2 heterocycles. The fourth-order valence-corrected chi connectivity index (χ4v) is 1.97. The van der Waals surface area contributed by atoms with Crippen LogP contribution in [0.5, 0.6) is 5.75 Å². The molecule has 1 aromatic heterocycles. The maximum Gasteiger partial charge on any atom is 0.308 e. The number of hydrogen-bond donors (Lipinski definition) is 1. The average molecular weight is 231 g/mol. The summed E-state index contributed by atoms with van der Waals surface area (Å²) in [5, 5.41) is 0.943. The smallest absolute Gasteiger partial charge is 0.308 e. The van der Waals surface area contributed by atoms with Gasteiger partial charge >= 0.3 is 5.97 Å². The van der Waals surface area contributed by atoms with E-state index in [9.17, 15) is 4.79 Å². The van der Waals surface area contributed by atoms with Crippen LogP contribution in [0.3, 0.4) is 0 Å². The van der Waals surface area contributed by atoms with Gasteiger partial charge in [0, 0.05) is 29.9 Å². The molecule has 2 aromatic rings. The van der Waals surface area contributed by atoms with Gasteiger partial charge < -0.3 is 14.5 Å². The summed E-state index contributed by atoms with van der Waals surface area (Å²) in [5.74, 6) is 0.306. The lowest BCUT2D eigenvalue weighted by Gasteiger charge is -2.01. The van der Waals surface area contributed by atoms with Crippen molar-refractivity contribution in [1.29, 1.82) is 0 Å². The van der Waals surface area contributed by atoms with E-state index >= 15 is 0 Å².